The lowest BCUT2D eigenvalue weighted by atomic mass is 9.86. The molecule has 1 amide bonds. The molecule has 0 radical (unpaired) electrons. The first-order valence-electron chi connectivity index (χ1n) is 10.5. The molecule has 2 aliphatic rings. The zero-order valence-electron chi connectivity index (χ0n) is 17.7. The van der Waals surface area contributed by atoms with Crippen LogP contribution in [0.2, 0.25) is 5.02 Å². The number of carbonyl (C=O) groups excluding carboxylic acids is 2. The maximum absolute atomic E-state index is 13.1. The Kier molecular flexibility index (Phi) is 6.06. The molecule has 2 aromatic rings. The molecular weight excluding hydrogens is 445 g/mol. The second-order valence-corrected chi connectivity index (χ2v) is 9.15. The minimum atomic E-state index is -4.44. The van der Waals surface area contributed by atoms with Crippen molar-refractivity contribution in [2.45, 2.75) is 38.9 Å². The van der Waals surface area contributed by atoms with Crippen LogP contribution in [0, 0.1) is 5.41 Å². The van der Waals surface area contributed by atoms with E-state index >= 15 is 0 Å². The Morgan fingerprint density at radius 1 is 1.16 bits per heavy atom. The van der Waals surface area contributed by atoms with Crippen LogP contribution in [-0.2, 0) is 12.7 Å². The Morgan fingerprint density at radius 2 is 1.91 bits per heavy atom. The average Bonchev–Trinajstić information content (AvgIpc) is 3.47. The number of amides is 1. The molecule has 32 heavy (non-hydrogen) atoms. The Labute approximate surface area is 188 Å². The van der Waals surface area contributed by atoms with E-state index in [4.69, 9.17) is 11.6 Å². The first-order chi connectivity index (χ1) is 15.1. The highest BCUT2D eigenvalue weighted by molar-refractivity contribution is 6.30. The van der Waals surface area contributed by atoms with Gasteiger partial charge in [0.15, 0.2) is 5.78 Å². The SMILES string of the molecule is CCC(=O)c1cnn(C(=O)N2CCC3(CCN(Cc4cc(Cl)cc(C(F)(F)F)c4)C3)C2)c1. The molecule has 1 aromatic carbocycles. The number of rotatable bonds is 4. The summed E-state index contributed by atoms with van der Waals surface area (Å²) in [6, 6.07) is 3.39. The highest BCUT2D eigenvalue weighted by Crippen LogP contribution is 2.40. The number of carbonyl (C=O) groups is 2. The lowest BCUT2D eigenvalue weighted by Gasteiger charge is -2.25. The van der Waals surface area contributed by atoms with Gasteiger partial charge >= 0.3 is 12.2 Å². The fourth-order valence-electron chi connectivity index (χ4n) is 4.68. The van der Waals surface area contributed by atoms with E-state index in [1.54, 1.807) is 17.9 Å². The number of Topliss-reactive ketones (excluding diaryl/α,β-unsaturated/α-hetero) is 1. The number of hydrogen-bond donors (Lipinski definition) is 0. The van der Waals surface area contributed by atoms with Gasteiger partial charge in [-0.1, -0.05) is 18.5 Å². The third-order valence-corrected chi connectivity index (χ3v) is 6.56. The van der Waals surface area contributed by atoms with Gasteiger partial charge in [-0.15, -0.1) is 0 Å². The van der Waals surface area contributed by atoms with E-state index in [2.05, 4.69) is 10.00 Å². The number of hydrogen-bond acceptors (Lipinski definition) is 4. The first kappa shape index (κ1) is 22.8. The topological polar surface area (TPSA) is 58.4 Å². The van der Waals surface area contributed by atoms with Crippen LogP contribution in [0.1, 0.15) is 47.7 Å². The van der Waals surface area contributed by atoms with Crippen molar-refractivity contribution in [3.63, 3.8) is 0 Å². The summed E-state index contributed by atoms with van der Waals surface area (Å²) in [5.41, 5.74) is 0.113. The van der Waals surface area contributed by atoms with Gasteiger partial charge in [-0.25, -0.2) is 4.79 Å². The molecular formula is C22H24ClF3N4O2. The quantitative estimate of drug-likeness (QED) is 0.609. The van der Waals surface area contributed by atoms with Gasteiger partial charge in [0.1, 0.15) is 0 Å². The number of aromatic nitrogens is 2. The van der Waals surface area contributed by atoms with Crippen LogP contribution in [0.15, 0.2) is 30.6 Å². The maximum atomic E-state index is 13.1. The summed E-state index contributed by atoms with van der Waals surface area (Å²) in [6.07, 6.45) is 0.471. The number of benzene rings is 1. The van der Waals surface area contributed by atoms with E-state index in [1.807, 2.05) is 0 Å². The second-order valence-electron chi connectivity index (χ2n) is 8.71. The van der Waals surface area contributed by atoms with E-state index in [9.17, 15) is 22.8 Å². The van der Waals surface area contributed by atoms with E-state index in [-0.39, 0.29) is 22.3 Å². The summed E-state index contributed by atoms with van der Waals surface area (Å²) in [7, 11) is 0. The molecule has 4 rings (SSSR count). The Morgan fingerprint density at radius 3 is 2.62 bits per heavy atom. The van der Waals surface area contributed by atoms with Crippen molar-refractivity contribution >= 4 is 23.4 Å². The van der Waals surface area contributed by atoms with Crippen LogP contribution in [0.5, 0.6) is 0 Å². The lowest BCUT2D eigenvalue weighted by Crippen LogP contribution is -2.36. The van der Waals surface area contributed by atoms with E-state index in [0.717, 1.165) is 31.5 Å². The zero-order chi connectivity index (χ0) is 23.1. The van der Waals surface area contributed by atoms with Gasteiger partial charge in [-0.3, -0.25) is 9.69 Å². The zero-order valence-corrected chi connectivity index (χ0v) is 18.4. The summed E-state index contributed by atoms with van der Waals surface area (Å²) in [6.45, 7) is 4.71. The molecule has 0 N–H and O–H groups in total. The van der Waals surface area contributed by atoms with E-state index in [1.165, 1.54) is 17.1 Å². The number of halogens is 4. The molecule has 0 aliphatic carbocycles. The predicted molar refractivity (Wildman–Crippen MR) is 113 cm³/mol. The Hall–Kier alpha value is -2.39. The summed E-state index contributed by atoms with van der Waals surface area (Å²) in [5.74, 6) is -0.0666. The molecule has 1 aromatic heterocycles. The normalized spacial score (nSPS) is 21.6. The van der Waals surface area contributed by atoms with Crippen LogP contribution in [0.3, 0.4) is 0 Å². The summed E-state index contributed by atoms with van der Waals surface area (Å²) in [5, 5.41) is 4.11. The van der Waals surface area contributed by atoms with Crippen molar-refractivity contribution in [3.05, 3.63) is 52.3 Å². The Balaban J connectivity index is 1.39. The van der Waals surface area contributed by atoms with Gasteiger partial charge in [0.25, 0.3) is 0 Å². The third kappa shape index (κ3) is 4.68. The van der Waals surface area contributed by atoms with E-state index in [0.29, 0.717) is 43.7 Å². The third-order valence-electron chi connectivity index (χ3n) is 6.34. The van der Waals surface area contributed by atoms with Crippen LogP contribution in [0.25, 0.3) is 0 Å². The van der Waals surface area contributed by atoms with E-state index < -0.39 is 11.7 Å². The molecule has 6 nitrogen and oxygen atoms in total. The number of ketones is 1. The average molecular weight is 469 g/mol. The van der Waals surface area contributed by atoms with Gasteiger partial charge in [0.05, 0.1) is 17.3 Å². The molecule has 1 unspecified atom stereocenters. The minimum Gasteiger partial charge on any atom is -0.322 e. The van der Waals surface area contributed by atoms with Crippen molar-refractivity contribution in [2.75, 3.05) is 26.2 Å². The molecule has 0 saturated carbocycles. The predicted octanol–water partition coefficient (Wildman–Crippen LogP) is 4.71. The minimum absolute atomic E-state index is 0.0666. The Bertz CT molecular complexity index is 1040. The molecule has 2 aliphatic heterocycles. The van der Waals surface area contributed by atoms with Gasteiger partial charge in [-0.05, 0) is 43.1 Å². The molecule has 3 heterocycles. The smallest absolute Gasteiger partial charge is 0.322 e. The molecule has 0 bridgehead atoms. The van der Waals surface area contributed by atoms with Crippen molar-refractivity contribution in [1.29, 1.82) is 0 Å². The van der Waals surface area contributed by atoms with Crippen molar-refractivity contribution < 1.29 is 22.8 Å². The van der Waals surface area contributed by atoms with Gasteiger partial charge in [0, 0.05) is 49.2 Å². The number of nitrogens with zero attached hydrogens (tertiary/aromatic N) is 4. The van der Waals surface area contributed by atoms with Crippen LogP contribution >= 0.6 is 11.6 Å². The molecule has 10 heteroatoms. The molecule has 2 saturated heterocycles. The van der Waals surface area contributed by atoms with Gasteiger partial charge in [-0.2, -0.15) is 23.0 Å². The van der Waals surface area contributed by atoms with Crippen molar-refractivity contribution in [3.8, 4) is 0 Å². The molecule has 1 spiro atoms. The van der Waals surface area contributed by atoms with Crippen molar-refractivity contribution in [1.82, 2.24) is 19.6 Å². The first-order valence-corrected chi connectivity index (χ1v) is 10.9. The summed E-state index contributed by atoms with van der Waals surface area (Å²) < 4.78 is 40.5. The van der Waals surface area contributed by atoms with Gasteiger partial charge < -0.3 is 4.90 Å². The molecule has 1 atom stereocenters. The maximum Gasteiger partial charge on any atom is 0.416 e. The summed E-state index contributed by atoms with van der Waals surface area (Å²) >= 11 is 5.91. The summed E-state index contributed by atoms with van der Waals surface area (Å²) in [4.78, 5) is 28.5. The number of likely N-dealkylation sites (tertiary alicyclic amines) is 2. The van der Waals surface area contributed by atoms with Crippen molar-refractivity contribution in [2.24, 2.45) is 5.41 Å². The largest absolute Gasteiger partial charge is 0.416 e. The van der Waals surface area contributed by atoms with Crippen LogP contribution < -0.4 is 0 Å². The van der Waals surface area contributed by atoms with Crippen LogP contribution in [-0.4, -0.2) is 57.6 Å². The van der Waals surface area contributed by atoms with Crippen LogP contribution in [0.4, 0.5) is 18.0 Å². The fraction of sp³-hybridized carbons (Fsp3) is 0.500. The standard InChI is InChI=1S/C22H24ClF3N4O2/c1-2-19(31)16-10-27-30(12-16)20(32)29-6-4-21(14-29)3-5-28(13-21)11-15-7-17(22(24,25)26)9-18(23)8-15/h7-10,12H,2-6,11,13-14H2,1H3. The second kappa shape index (κ2) is 8.51. The highest BCUT2D eigenvalue weighted by atomic mass is 35.5. The highest BCUT2D eigenvalue weighted by Gasteiger charge is 2.45. The molecule has 172 valence electrons. The monoisotopic (exact) mass is 468 g/mol. The lowest BCUT2D eigenvalue weighted by molar-refractivity contribution is -0.137. The fourth-order valence-corrected chi connectivity index (χ4v) is 4.94. The van der Waals surface area contributed by atoms with Gasteiger partial charge in [0.2, 0.25) is 0 Å². The number of alkyl halides is 3. The molecule has 2 fully saturated rings.